The predicted octanol–water partition coefficient (Wildman–Crippen LogP) is 17.5. The average molecular weight is 979 g/mol. The molecule has 0 bridgehead atoms. The molecule has 0 radical (unpaired) electrons. The lowest BCUT2D eigenvalue weighted by atomic mass is 10.0. The predicted molar refractivity (Wildman–Crippen MR) is 295 cm³/mol. The summed E-state index contributed by atoms with van der Waals surface area (Å²) in [5.74, 6) is -0.166. The third-order valence-electron chi connectivity index (χ3n) is 13.1. The van der Waals surface area contributed by atoms with Crippen LogP contribution in [0.3, 0.4) is 0 Å². The van der Waals surface area contributed by atoms with Crippen molar-refractivity contribution in [1.82, 2.24) is 5.32 Å². The number of aliphatic hydroxyl groups excluding tert-OH is 1. The number of likely N-dealkylation sites (N-methyl/N-ethyl adjacent to an activating group) is 1. The van der Waals surface area contributed by atoms with Crippen molar-refractivity contribution in [2.75, 3.05) is 40.9 Å². The summed E-state index contributed by atoms with van der Waals surface area (Å²) >= 11 is 0. The van der Waals surface area contributed by atoms with Gasteiger partial charge in [-0.1, -0.05) is 262 Å². The Bertz CT molecular complexity index is 1250. The number of carbonyl (C=O) groups is 1. The van der Waals surface area contributed by atoms with Gasteiger partial charge in [0, 0.05) is 6.42 Å². The number of nitrogens with zero attached hydrogens (tertiary/aromatic N) is 1. The van der Waals surface area contributed by atoms with Crippen molar-refractivity contribution in [3.05, 3.63) is 48.6 Å². The highest BCUT2D eigenvalue weighted by atomic mass is 31.2. The van der Waals surface area contributed by atoms with Gasteiger partial charge in [0.05, 0.1) is 39.9 Å². The summed E-state index contributed by atoms with van der Waals surface area (Å²) in [6.07, 6.45) is 66.1. The molecule has 0 aromatic heterocycles. The van der Waals surface area contributed by atoms with E-state index in [1.807, 2.05) is 21.1 Å². The molecule has 0 spiro atoms. The Morgan fingerprint density at radius 2 is 0.882 bits per heavy atom. The lowest BCUT2D eigenvalue weighted by Gasteiger charge is -2.26. The van der Waals surface area contributed by atoms with Crippen LogP contribution in [0.2, 0.25) is 0 Å². The van der Waals surface area contributed by atoms with Gasteiger partial charge in [0.15, 0.2) is 0 Å². The molecule has 1 amide bonds. The van der Waals surface area contributed by atoms with Gasteiger partial charge in [-0.3, -0.25) is 13.8 Å². The van der Waals surface area contributed by atoms with Gasteiger partial charge in [-0.25, -0.2) is 4.57 Å². The second-order valence-electron chi connectivity index (χ2n) is 21.0. The SMILES string of the molecule is CC/C=C\C/C=C\C/C=C\C/C=C\CCCCCCC(=O)NC(COP(=O)(O)OCC[N+](C)(C)C)C(O)CCCCCCCCCCCCCCCCCCCCCCCCCCCCCCC. The molecule has 68 heavy (non-hydrogen) atoms. The molecule has 0 rings (SSSR count). The van der Waals surface area contributed by atoms with Crippen LogP contribution in [0.25, 0.3) is 0 Å². The summed E-state index contributed by atoms with van der Waals surface area (Å²) in [4.78, 5) is 23.3. The first kappa shape index (κ1) is 66.5. The Balaban J connectivity index is 4.12. The van der Waals surface area contributed by atoms with E-state index in [4.69, 9.17) is 9.05 Å². The summed E-state index contributed by atoms with van der Waals surface area (Å²) in [5.41, 5.74) is 0. The number of hydrogen-bond donors (Lipinski definition) is 3. The fourth-order valence-corrected chi connectivity index (χ4v) is 9.31. The smallest absolute Gasteiger partial charge is 0.391 e. The molecule has 0 aliphatic heterocycles. The average Bonchev–Trinajstić information content (AvgIpc) is 3.30. The molecule has 0 heterocycles. The number of carbonyl (C=O) groups excluding carboxylic acids is 1. The zero-order valence-electron chi connectivity index (χ0n) is 45.6. The van der Waals surface area contributed by atoms with Crippen molar-refractivity contribution < 1.29 is 32.9 Å². The van der Waals surface area contributed by atoms with Crippen molar-refractivity contribution in [2.24, 2.45) is 0 Å². The highest BCUT2D eigenvalue weighted by Gasteiger charge is 2.28. The third kappa shape index (κ3) is 52.3. The van der Waals surface area contributed by atoms with Crippen molar-refractivity contribution >= 4 is 13.7 Å². The maximum atomic E-state index is 13.0. The number of amides is 1. The molecule has 0 saturated carbocycles. The number of rotatable bonds is 53. The number of phosphoric acid groups is 1. The fraction of sp³-hybridized carbons (Fsp3) is 0.847. The van der Waals surface area contributed by atoms with E-state index in [1.54, 1.807) is 0 Å². The third-order valence-corrected chi connectivity index (χ3v) is 14.1. The lowest BCUT2D eigenvalue weighted by molar-refractivity contribution is -0.870. The van der Waals surface area contributed by atoms with Crippen LogP contribution in [-0.4, -0.2) is 73.4 Å². The minimum Gasteiger partial charge on any atom is -0.391 e. The van der Waals surface area contributed by atoms with Crippen LogP contribution in [0.1, 0.15) is 271 Å². The van der Waals surface area contributed by atoms with Gasteiger partial charge in [0.1, 0.15) is 13.2 Å². The molecule has 0 fully saturated rings. The summed E-state index contributed by atoms with van der Waals surface area (Å²) in [5, 5.41) is 14.1. The molecule has 0 aliphatic rings. The molecule has 8 nitrogen and oxygen atoms in total. The Morgan fingerprint density at radius 1 is 0.515 bits per heavy atom. The number of allylic oxidation sites excluding steroid dienone is 8. The minimum atomic E-state index is -4.33. The highest BCUT2D eigenvalue weighted by molar-refractivity contribution is 7.47. The number of phosphoric ester groups is 1. The second-order valence-corrected chi connectivity index (χ2v) is 22.4. The van der Waals surface area contributed by atoms with Gasteiger partial charge in [-0.2, -0.15) is 0 Å². The maximum Gasteiger partial charge on any atom is 0.472 e. The molecule has 0 saturated heterocycles. The zero-order valence-corrected chi connectivity index (χ0v) is 46.5. The number of unbranched alkanes of at least 4 members (excludes halogenated alkanes) is 32. The van der Waals surface area contributed by atoms with E-state index >= 15 is 0 Å². The van der Waals surface area contributed by atoms with Crippen LogP contribution in [-0.2, 0) is 18.4 Å². The molecule has 3 unspecified atom stereocenters. The largest absolute Gasteiger partial charge is 0.472 e. The quantitative estimate of drug-likeness (QED) is 0.0243. The molecule has 0 aromatic carbocycles. The Kier molecular flexibility index (Phi) is 49.3. The number of quaternary nitrogens is 1. The van der Waals surface area contributed by atoms with Gasteiger partial charge in [0.25, 0.3) is 0 Å². The standard InChI is InChI=1S/C59H113N2O6P/c1-6-8-10-12-14-16-18-20-22-24-25-26-27-28-29-30-31-32-33-34-35-37-38-40-42-44-46-48-50-52-58(62)57(56-67-68(64,65)66-55-54-61(3,4)5)60-59(63)53-51-49-47-45-43-41-39-36-23-21-19-17-15-13-11-9-7-2/h9,11,15,17,21,23,39,41,57-58,62H,6-8,10,12-14,16,18-20,22,24-38,40,42-56H2,1-5H3,(H-,60,63,64,65)/p+1/b11-9-,17-15-,23-21-,41-39-. The maximum absolute atomic E-state index is 13.0. The Hall–Kier alpha value is -1.54. The Labute approximate surface area is 422 Å². The van der Waals surface area contributed by atoms with Crippen LogP contribution in [0.5, 0.6) is 0 Å². The molecular formula is C59H114N2O6P+. The summed E-state index contributed by atoms with van der Waals surface area (Å²) in [6, 6.07) is -0.776. The van der Waals surface area contributed by atoms with Gasteiger partial charge in [-0.15, -0.1) is 0 Å². The number of nitrogens with one attached hydrogen (secondary N) is 1. The van der Waals surface area contributed by atoms with Crippen LogP contribution in [0, 0.1) is 0 Å². The first-order chi connectivity index (χ1) is 33.0. The summed E-state index contributed by atoms with van der Waals surface area (Å²) in [6.45, 7) is 4.78. The first-order valence-corrected chi connectivity index (χ1v) is 30.5. The fourth-order valence-electron chi connectivity index (χ4n) is 8.57. The van der Waals surface area contributed by atoms with E-state index in [0.717, 1.165) is 77.0 Å². The lowest BCUT2D eigenvalue weighted by Crippen LogP contribution is -2.46. The van der Waals surface area contributed by atoms with Crippen LogP contribution in [0.4, 0.5) is 0 Å². The van der Waals surface area contributed by atoms with Crippen LogP contribution >= 0.6 is 7.82 Å². The van der Waals surface area contributed by atoms with E-state index in [0.29, 0.717) is 23.9 Å². The topological polar surface area (TPSA) is 105 Å². The molecule has 3 N–H and O–H groups in total. The number of aliphatic hydroxyl groups is 1. The molecular weight excluding hydrogens is 864 g/mol. The van der Waals surface area contributed by atoms with E-state index in [1.165, 1.54) is 167 Å². The van der Waals surface area contributed by atoms with Gasteiger partial charge in [-0.05, 0) is 51.4 Å². The highest BCUT2D eigenvalue weighted by Crippen LogP contribution is 2.43. The normalized spacial score (nSPS) is 14.3. The van der Waals surface area contributed by atoms with Gasteiger partial charge < -0.3 is 19.8 Å². The molecule has 0 aromatic rings. The number of hydrogen-bond acceptors (Lipinski definition) is 5. The first-order valence-electron chi connectivity index (χ1n) is 29.0. The van der Waals surface area contributed by atoms with Crippen LogP contribution < -0.4 is 5.32 Å². The molecule has 3 atom stereocenters. The van der Waals surface area contributed by atoms with Crippen molar-refractivity contribution in [2.45, 2.75) is 283 Å². The van der Waals surface area contributed by atoms with Crippen molar-refractivity contribution in [3.8, 4) is 0 Å². The van der Waals surface area contributed by atoms with Crippen molar-refractivity contribution in [1.29, 1.82) is 0 Å². The minimum absolute atomic E-state index is 0.0682. The van der Waals surface area contributed by atoms with Crippen molar-refractivity contribution in [3.63, 3.8) is 0 Å². The zero-order chi connectivity index (χ0) is 49.9. The van der Waals surface area contributed by atoms with E-state index in [2.05, 4.69) is 67.8 Å². The van der Waals surface area contributed by atoms with E-state index < -0.39 is 20.0 Å². The monoisotopic (exact) mass is 978 g/mol. The molecule has 0 aliphatic carbocycles. The van der Waals surface area contributed by atoms with Gasteiger partial charge >= 0.3 is 7.82 Å². The van der Waals surface area contributed by atoms with E-state index in [9.17, 15) is 19.4 Å². The second kappa shape index (κ2) is 50.4. The van der Waals surface area contributed by atoms with Crippen LogP contribution in [0.15, 0.2) is 48.6 Å². The Morgan fingerprint density at radius 3 is 1.29 bits per heavy atom. The molecule has 400 valence electrons. The van der Waals surface area contributed by atoms with Gasteiger partial charge in [0.2, 0.25) is 5.91 Å². The van der Waals surface area contributed by atoms with E-state index in [-0.39, 0.29) is 19.1 Å². The summed E-state index contributed by atoms with van der Waals surface area (Å²) in [7, 11) is 1.60. The summed E-state index contributed by atoms with van der Waals surface area (Å²) < 4.78 is 23.8. The molecule has 9 heteroatoms.